The normalized spacial score (nSPS) is 10.8. The van der Waals surface area contributed by atoms with Gasteiger partial charge in [-0.1, -0.05) is 0 Å². The Hall–Kier alpha value is -2.18. The predicted octanol–water partition coefficient (Wildman–Crippen LogP) is 3.89. The molecular formula is C12H4F6O. The summed E-state index contributed by atoms with van der Waals surface area (Å²) in [7, 11) is 0. The van der Waals surface area contributed by atoms with Gasteiger partial charge in [0.25, 0.3) is 0 Å². The van der Waals surface area contributed by atoms with Gasteiger partial charge in [-0.05, 0) is 17.7 Å². The van der Waals surface area contributed by atoms with Gasteiger partial charge in [0, 0.05) is 6.07 Å². The minimum absolute atomic E-state index is 0.540. The predicted molar refractivity (Wildman–Crippen MR) is 53.3 cm³/mol. The summed E-state index contributed by atoms with van der Waals surface area (Å²) >= 11 is 0. The van der Waals surface area contributed by atoms with E-state index in [1.54, 1.807) is 0 Å². The van der Waals surface area contributed by atoms with Gasteiger partial charge in [0.15, 0.2) is 23.3 Å². The molecule has 0 unspecified atom stereocenters. The van der Waals surface area contributed by atoms with E-state index in [4.69, 9.17) is 5.11 Å². The number of benzene rings is 2. The number of phenols is 1. The number of phenolic OH excluding ortho intramolecular Hbond substituents is 1. The molecule has 0 radical (unpaired) electrons. The molecule has 19 heavy (non-hydrogen) atoms. The average Bonchev–Trinajstić information content (AvgIpc) is 2.33. The van der Waals surface area contributed by atoms with Gasteiger partial charge in [-0.15, -0.1) is 0 Å². The van der Waals surface area contributed by atoms with E-state index in [0.717, 1.165) is 0 Å². The molecule has 0 atom stereocenters. The Kier molecular flexibility index (Phi) is 3.13. The van der Waals surface area contributed by atoms with Crippen LogP contribution < -0.4 is 0 Å². The van der Waals surface area contributed by atoms with Gasteiger partial charge in [-0.3, -0.25) is 0 Å². The van der Waals surface area contributed by atoms with Gasteiger partial charge < -0.3 is 5.11 Å². The Balaban J connectivity index is 2.82. The zero-order valence-electron chi connectivity index (χ0n) is 8.95. The van der Waals surface area contributed by atoms with E-state index in [-0.39, 0.29) is 0 Å². The van der Waals surface area contributed by atoms with E-state index in [1.165, 1.54) is 0 Å². The van der Waals surface area contributed by atoms with Gasteiger partial charge in [-0.2, -0.15) is 0 Å². The second-order valence-corrected chi connectivity index (χ2v) is 3.64. The van der Waals surface area contributed by atoms with Crippen LogP contribution in [-0.2, 0) is 0 Å². The van der Waals surface area contributed by atoms with Crippen LogP contribution in [0.25, 0.3) is 11.1 Å². The van der Waals surface area contributed by atoms with Crippen molar-refractivity contribution in [3.8, 4) is 16.9 Å². The molecule has 0 aliphatic carbocycles. The van der Waals surface area contributed by atoms with Crippen molar-refractivity contribution in [2.75, 3.05) is 0 Å². The topological polar surface area (TPSA) is 20.2 Å². The molecule has 0 saturated carbocycles. The number of rotatable bonds is 1. The molecule has 2 rings (SSSR count). The zero-order chi connectivity index (χ0) is 14.3. The Labute approximate surface area is 102 Å². The first kappa shape index (κ1) is 13.3. The van der Waals surface area contributed by atoms with Crippen molar-refractivity contribution in [1.82, 2.24) is 0 Å². The Bertz CT molecular complexity index is 618. The molecule has 2 aromatic carbocycles. The van der Waals surface area contributed by atoms with Crippen LogP contribution in [0.5, 0.6) is 5.75 Å². The van der Waals surface area contributed by atoms with Crippen molar-refractivity contribution in [3.05, 3.63) is 53.1 Å². The molecule has 0 spiro atoms. The summed E-state index contributed by atoms with van der Waals surface area (Å²) in [5.74, 6) is -12.6. The van der Waals surface area contributed by atoms with Crippen LogP contribution in [-0.4, -0.2) is 5.11 Å². The lowest BCUT2D eigenvalue weighted by molar-refractivity contribution is 0.381. The van der Waals surface area contributed by atoms with Crippen LogP contribution in [0.4, 0.5) is 26.3 Å². The van der Waals surface area contributed by atoms with Crippen molar-refractivity contribution >= 4 is 0 Å². The first-order chi connectivity index (χ1) is 8.82. The number of aromatic hydroxyl groups is 1. The maximum absolute atomic E-state index is 13.4. The van der Waals surface area contributed by atoms with E-state index >= 15 is 0 Å². The SMILES string of the molecule is Oc1cc(F)cc(-c2c(F)c(F)c(F)c(F)c2F)c1. The fourth-order valence-corrected chi connectivity index (χ4v) is 1.58. The molecule has 0 fully saturated rings. The highest BCUT2D eigenvalue weighted by Gasteiger charge is 2.26. The van der Waals surface area contributed by atoms with E-state index in [9.17, 15) is 26.3 Å². The first-order valence-electron chi connectivity index (χ1n) is 4.84. The Morgan fingerprint density at radius 3 is 1.58 bits per heavy atom. The van der Waals surface area contributed by atoms with Crippen LogP contribution in [0, 0.1) is 34.9 Å². The molecule has 0 bridgehead atoms. The molecule has 100 valence electrons. The molecule has 2 aromatic rings. The third-order valence-electron chi connectivity index (χ3n) is 2.38. The second-order valence-electron chi connectivity index (χ2n) is 3.64. The van der Waals surface area contributed by atoms with Crippen molar-refractivity contribution in [1.29, 1.82) is 0 Å². The van der Waals surface area contributed by atoms with Crippen LogP contribution in [0.2, 0.25) is 0 Å². The maximum Gasteiger partial charge on any atom is 0.200 e. The molecule has 0 saturated heterocycles. The summed E-state index contributed by atoms with van der Waals surface area (Å²) in [5.41, 5.74) is -1.96. The van der Waals surface area contributed by atoms with Gasteiger partial charge in [0.2, 0.25) is 5.82 Å². The van der Waals surface area contributed by atoms with Crippen molar-refractivity contribution in [2.24, 2.45) is 0 Å². The van der Waals surface area contributed by atoms with E-state index in [1.807, 2.05) is 0 Å². The van der Waals surface area contributed by atoms with E-state index in [0.29, 0.717) is 18.2 Å². The van der Waals surface area contributed by atoms with Crippen molar-refractivity contribution < 1.29 is 31.4 Å². The molecule has 0 aromatic heterocycles. The summed E-state index contributed by atoms with van der Waals surface area (Å²) in [4.78, 5) is 0. The molecule has 0 heterocycles. The Morgan fingerprint density at radius 2 is 1.11 bits per heavy atom. The molecular weight excluding hydrogens is 274 g/mol. The smallest absolute Gasteiger partial charge is 0.200 e. The van der Waals surface area contributed by atoms with Crippen LogP contribution in [0.1, 0.15) is 0 Å². The monoisotopic (exact) mass is 278 g/mol. The minimum Gasteiger partial charge on any atom is -0.508 e. The lowest BCUT2D eigenvalue weighted by atomic mass is 10.0. The molecule has 1 nitrogen and oxygen atoms in total. The quantitative estimate of drug-likeness (QED) is 0.476. The lowest BCUT2D eigenvalue weighted by Gasteiger charge is -2.09. The Morgan fingerprint density at radius 1 is 0.632 bits per heavy atom. The molecule has 0 amide bonds. The highest BCUT2D eigenvalue weighted by Crippen LogP contribution is 2.33. The third-order valence-corrected chi connectivity index (χ3v) is 2.38. The molecule has 7 heteroatoms. The second kappa shape index (κ2) is 4.49. The number of hydrogen-bond donors (Lipinski definition) is 1. The zero-order valence-corrected chi connectivity index (χ0v) is 8.95. The third kappa shape index (κ3) is 2.11. The van der Waals surface area contributed by atoms with Crippen LogP contribution >= 0.6 is 0 Å². The first-order valence-corrected chi connectivity index (χ1v) is 4.84. The van der Waals surface area contributed by atoms with Crippen molar-refractivity contribution in [2.45, 2.75) is 0 Å². The fourth-order valence-electron chi connectivity index (χ4n) is 1.58. The van der Waals surface area contributed by atoms with Gasteiger partial charge in [0.05, 0.1) is 5.56 Å². The number of hydrogen-bond acceptors (Lipinski definition) is 1. The fraction of sp³-hybridized carbons (Fsp3) is 0. The summed E-state index contributed by atoms with van der Waals surface area (Å²) in [5, 5.41) is 9.08. The summed E-state index contributed by atoms with van der Waals surface area (Å²) in [6, 6.07) is 1.84. The lowest BCUT2D eigenvalue weighted by Crippen LogP contribution is -2.04. The van der Waals surface area contributed by atoms with Crippen molar-refractivity contribution in [3.63, 3.8) is 0 Å². The number of halogens is 6. The standard InChI is InChI=1S/C12H4F6O/c13-5-1-4(2-6(19)3-5)7-8(14)10(16)12(18)11(17)9(7)15/h1-3,19H. The molecule has 1 N–H and O–H groups in total. The largest absolute Gasteiger partial charge is 0.508 e. The van der Waals surface area contributed by atoms with Gasteiger partial charge >= 0.3 is 0 Å². The average molecular weight is 278 g/mol. The molecule has 0 aliphatic rings. The van der Waals surface area contributed by atoms with Gasteiger partial charge in [0.1, 0.15) is 11.6 Å². The molecule has 0 aliphatic heterocycles. The van der Waals surface area contributed by atoms with Crippen LogP contribution in [0.15, 0.2) is 18.2 Å². The summed E-state index contributed by atoms with van der Waals surface area (Å²) < 4.78 is 78.6. The highest BCUT2D eigenvalue weighted by atomic mass is 19.2. The van der Waals surface area contributed by atoms with E-state index in [2.05, 4.69) is 0 Å². The minimum atomic E-state index is -2.31. The van der Waals surface area contributed by atoms with E-state index < -0.39 is 51.8 Å². The summed E-state index contributed by atoms with van der Waals surface area (Å²) in [6.45, 7) is 0. The summed E-state index contributed by atoms with van der Waals surface area (Å²) in [6.07, 6.45) is 0. The maximum atomic E-state index is 13.4. The van der Waals surface area contributed by atoms with Gasteiger partial charge in [-0.25, -0.2) is 26.3 Å². The van der Waals surface area contributed by atoms with Crippen LogP contribution in [0.3, 0.4) is 0 Å². The highest BCUT2D eigenvalue weighted by molar-refractivity contribution is 5.67.